The van der Waals surface area contributed by atoms with Crippen LogP contribution in [0.2, 0.25) is 0 Å². The van der Waals surface area contributed by atoms with Crippen LogP contribution in [0.5, 0.6) is 11.5 Å². The van der Waals surface area contributed by atoms with Crippen LogP contribution in [0.25, 0.3) is 0 Å². The van der Waals surface area contributed by atoms with E-state index in [0.717, 1.165) is 18.4 Å². The third-order valence-electron chi connectivity index (χ3n) is 4.07. The van der Waals surface area contributed by atoms with Gasteiger partial charge < -0.3 is 9.47 Å². The SMILES string of the molecule is CCCCCCCCCCS(=O)(=O)N/N=C/c1ccc2c(c1)OCO2. The van der Waals surface area contributed by atoms with Crippen LogP contribution in [0.1, 0.15) is 63.9 Å². The van der Waals surface area contributed by atoms with E-state index >= 15 is 0 Å². The number of nitrogens with zero attached hydrogens (tertiary/aromatic N) is 1. The number of nitrogens with one attached hydrogen (secondary N) is 1. The highest BCUT2D eigenvalue weighted by molar-refractivity contribution is 7.89. The van der Waals surface area contributed by atoms with Gasteiger partial charge in [-0.25, -0.2) is 13.2 Å². The Morgan fingerprint density at radius 2 is 1.72 bits per heavy atom. The first kappa shape index (κ1) is 19.6. The lowest BCUT2D eigenvalue weighted by molar-refractivity contribution is 0.174. The fourth-order valence-corrected chi connectivity index (χ4v) is 3.53. The first-order valence-electron chi connectivity index (χ1n) is 9.03. The van der Waals surface area contributed by atoms with Gasteiger partial charge in [-0.15, -0.1) is 0 Å². The lowest BCUT2D eigenvalue weighted by atomic mass is 10.1. The maximum atomic E-state index is 11.9. The van der Waals surface area contributed by atoms with Crippen molar-refractivity contribution in [2.24, 2.45) is 5.10 Å². The van der Waals surface area contributed by atoms with E-state index in [1.807, 2.05) is 0 Å². The molecule has 0 fully saturated rings. The quantitative estimate of drug-likeness (QED) is 0.346. The molecular formula is C18H28N2O4S. The zero-order chi connectivity index (χ0) is 18.0. The smallest absolute Gasteiger partial charge is 0.247 e. The molecule has 0 atom stereocenters. The Labute approximate surface area is 150 Å². The fraction of sp³-hybridized carbons (Fsp3) is 0.611. The van der Waals surface area contributed by atoms with Crippen LogP contribution in [0.15, 0.2) is 23.3 Å². The Balaban J connectivity index is 1.64. The lowest BCUT2D eigenvalue weighted by Crippen LogP contribution is -2.21. The van der Waals surface area contributed by atoms with Crippen LogP contribution in [-0.4, -0.2) is 27.2 Å². The standard InChI is InChI=1S/C18H28N2O4S/c1-2-3-4-5-6-7-8-9-12-25(21,22)20-19-14-16-10-11-17-18(13-16)24-15-23-17/h10-11,13-14,20H,2-9,12,15H2,1H3/b19-14+. The van der Waals surface area contributed by atoms with Gasteiger partial charge in [0.1, 0.15) is 0 Å². The molecule has 0 aromatic heterocycles. The minimum atomic E-state index is -3.37. The molecule has 0 spiro atoms. The number of hydrazone groups is 1. The highest BCUT2D eigenvalue weighted by atomic mass is 32.2. The van der Waals surface area contributed by atoms with E-state index in [2.05, 4.69) is 16.9 Å². The highest BCUT2D eigenvalue weighted by Gasteiger charge is 2.12. The Kier molecular flexibility index (Phi) is 8.04. The van der Waals surface area contributed by atoms with Crippen molar-refractivity contribution in [3.63, 3.8) is 0 Å². The highest BCUT2D eigenvalue weighted by Crippen LogP contribution is 2.31. The summed E-state index contributed by atoms with van der Waals surface area (Å²) < 4.78 is 34.3. The first-order chi connectivity index (χ1) is 12.1. The van der Waals surface area contributed by atoms with E-state index in [0.29, 0.717) is 17.9 Å². The molecule has 0 radical (unpaired) electrons. The molecule has 0 aliphatic carbocycles. The second-order valence-corrected chi connectivity index (χ2v) is 8.08. The summed E-state index contributed by atoms with van der Waals surface area (Å²) in [6.45, 7) is 2.41. The average molecular weight is 368 g/mol. The van der Waals surface area contributed by atoms with Gasteiger partial charge in [-0.05, 0) is 30.2 Å². The van der Waals surface area contributed by atoms with E-state index in [4.69, 9.17) is 9.47 Å². The maximum absolute atomic E-state index is 11.9. The number of benzene rings is 1. The zero-order valence-electron chi connectivity index (χ0n) is 14.9. The topological polar surface area (TPSA) is 77.0 Å². The molecule has 25 heavy (non-hydrogen) atoms. The van der Waals surface area contributed by atoms with Gasteiger partial charge in [-0.1, -0.05) is 51.9 Å². The lowest BCUT2D eigenvalue weighted by Gasteiger charge is -2.04. The van der Waals surface area contributed by atoms with E-state index in [-0.39, 0.29) is 12.5 Å². The van der Waals surface area contributed by atoms with Crippen molar-refractivity contribution in [1.29, 1.82) is 0 Å². The molecule has 140 valence electrons. The van der Waals surface area contributed by atoms with Gasteiger partial charge in [0, 0.05) is 0 Å². The van der Waals surface area contributed by atoms with Gasteiger partial charge in [-0.2, -0.15) is 5.10 Å². The van der Waals surface area contributed by atoms with E-state index in [9.17, 15) is 8.42 Å². The normalized spacial score (nSPS) is 13.5. The molecule has 0 amide bonds. The summed E-state index contributed by atoms with van der Waals surface area (Å²) >= 11 is 0. The number of unbranched alkanes of at least 4 members (excludes halogenated alkanes) is 7. The minimum absolute atomic E-state index is 0.112. The van der Waals surface area contributed by atoms with E-state index in [1.165, 1.54) is 38.3 Å². The third-order valence-corrected chi connectivity index (χ3v) is 5.28. The Hall–Kier alpha value is -1.76. The van der Waals surface area contributed by atoms with Gasteiger partial charge in [0.25, 0.3) is 0 Å². The molecule has 7 heteroatoms. The van der Waals surface area contributed by atoms with Gasteiger partial charge in [0.15, 0.2) is 11.5 Å². The van der Waals surface area contributed by atoms with Crippen molar-refractivity contribution in [3.05, 3.63) is 23.8 Å². The monoisotopic (exact) mass is 368 g/mol. The Morgan fingerprint density at radius 3 is 2.48 bits per heavy atom. The molecule has 1 heterocycles. The summed E-state index contributed by atoms with van der Waals surface area (Å²) in [6.07, 6.45) is 10.4. The predicted octanol–water partition coefficient (Wildman–Crippen LogP) is 3.81. The van der Waals surface area contributed by atoms with Crippen molar-refractivity contribution in [2.45, 2.75) is 58.3 Å². The number of fused-ring (bicyclic) bond motifs is 1. The van der Waals surface area contributed by atoms with Crippen molar-refractivity contribution in [3.8, 4) is 11.5 Å². The largest absolute Gasteiger partial charge is 0.454 e. The molecule has 1 N–H and O–H groups in total. The Morgan fingerprint density at radius 1 is 1.04 bits per heavy atom. The van der Waals surface area contributed by atoms with Crippen LogP contribution in [-0.2, 0) is 10.0 Å². The maximum Gasteiger partial charge on any atom is 0.247 e. The summed E-state index contributed by atoms with van der Waals surface area (Å²) in [6, 6.07) is 5.33. The van der Waals surface area contributed by atoms with Crippen LogP contribution >= 0.6 is 0 Å². The van der Waals surface area contributed by atoms with Crippen LogP contribution < -0.4 is 14.3 Å². The van der Waals surface area contributed by atoms with Crippen molar-refractivity contribution in [2.75, 3.05) is 12.5 Å². The summed E-state index contributed by atoms with van der Waals surface area (Å²) in [5.41, 5.74) is 0.749. The molecule has 0 unspecified atom stereocenters. The number of sulfonamides is 1. The molecule has 0 saturated heterocycles. The van der Waals surface area contributed by atoms with E-state index < -0.39 is 10.0 Å². The Bertz CT molecular complexity index is 659. The number of rotatable bonds is 12. The number of hydrogen-bond donors (Lipinski definition) is 1. The molecule has 6 nitrogen and oxygen atoms in total. The average Bonchev–Trinajstić information content (AvgIpc) is 3.05. The first-order valence-corrected chi connectivity index (χ1v) is 10.7. The number of ether oxygens (including phenoxy) is 2. The fourth-order valence-electron chi connectivity index (χ4n) is 2.65. The summed E-state index contributed by atoms with van der Waals surface area (Å²) in [5, 5.41) is 3.83. The molecule has 2 rings (SSSR count). The second kappa shape index (κ2) is 10.3. The van der Waals surface area contributed by atoms with Crippen molar-refractivity contribution >= 4 is 16.2 Å². The third kappa shape index (κ3) is 7.34. The second-order valence-electron chi connectivity index (χ2n) is 6.26. The molecule has 1 aliphatic rings. The van der Waals surface area contributed by atoms with Gasteiger partial charge in [0.05, 0.1) is 12.0 Å². The zero-order valence-corrected chi connectivity index (χ0v) is 15.7. The van der Waals surface area contributed by atoms with Crippen molar-refractivity contribution in [1.82, 2.24) is 4.83 Å². The van der Waals surface area contributed by atoms with Gasteiger partial charge in [0.2, 0.25) is 16.8 Å². The van der Waals surface area contributed by atoms with Crippen LogP contribution in [0.3, 0.4) is 0 Å². The summed E-state index contributed by atoms with van der Waals surface area (Å²) in [5.74, 6) is 1.44. The van der Waals surface area contributed by atoms with Crippen molar-refractivity contribution < 1.29 is 17.9 Å². The molecular weight excluding hydrogens is 340 g/mol. The van der Waals surface area contributed by atoms with Crippen LogP contribution in [0.4, 0.5) is 0 Å². The van der Waals surface area contributed by atoms with E-state index in [1.54, 1.807) is 18.2 Å². The number of hydrogen-bond acceptors (Lipinski definition) is 5. The van der Waals surface area contributed by atoms with Gasteiger partial charge >= 0.3 is 0 Å². The van der Waals surface area contributed by atoms with Crippen LogP contribution in [0, 0.1) is 0 Å². The summed E-state index contributed by atoms with van der Waals surface area (Å²) in [4.78, 5) is 2.26. The minimum Gasteiger partial charge on any atom is -0.454 e. The molecule has 1 aliphatic heterocycles. The molecule has 0 bridgehead atoms. The predicted molar refractivity (Wildman–Crippen MR) is 99.7 cm³/mol. The molecule has 0 saturated carbocycles. The van der Waals surface area contributed by atoms with Gasteiger partial charge in [-0.3, -0.25) is 0 Å². The summed E-state index contributed by atoms with van der Waals surface area (Å²) in [7, 11) is -3.37. The molecule has 1 aromatic rings. The molecule has 1 aromatic carbocycles.